The Hall–Kier alpha value is -2.49. The number of methoxy groups -OCH3 is 1. The average Bonchev–Trinajstić information content (AvgIpc) is 3.06. The van der Waals surface area contributed by atoms with Crippen molar-refractivity contribution in [2.24, 2.45) is 0 Å². The lowest BCUT2D eigenvalue weighted by Gasteiger charge is -2.09. The molecule has 1 amide bonds. The van der Waals surface area contributed by atoms with E-state index in [1.807, 2.05) is 0 Å². The van der Waals surface area contributed by atoms with E-state index >= 15 is 0 Å². The maximum absolute atomic E-state index is 12.1. The molecule has 1 heterocycles. The molecule has 144 valence electrons. The van der Waals surface area contributed by atoms with Gasteiger partial charge in [-0.15, -0.1) is 11.3 Å². The van der Waals surface area contributed by atoms with Crippen molar-refractivity contribution in [2.45, 2.75) is 24.8 Å². The summed E-state index contributed by atoms with van der Waals surface area (Å²) < 4.78 is 31.3. The predicted octanol–water partition coefficient (Wildman–Crippen LogP) is 2.87. The molecule has 0 aliphatic carbocycles. The molecule has 1 aromatic heterocycles. The highest BCUT2D eigenvalue weighted by Gasteiger charge is 2.15. The van der Waals surface area contributed by atoms with Crippen molar-refractivity contribution in [1.29, 1.82) is 0 Å². The Morgan fingerprint density at radius 1 is 1.15 bits per heavy atom. The second kappa shape index (κ2) is 8.94. The molecule has 0 saturated carbocycles. The van der Waals surface area contributed by atoms with E-state index in [-0.39, 0.29) is 10.9 Å². The van der Waals surface area contributed by atoms with E-state index in [1.165, 1.54) is 36.7 Å². The average molecular weight is 409 g/mol. The molecule has 0 spiro atoms. The fraction of sp³-hybridized carbons (Fsp3) is 0.222. The van der Waals surface area contributed by atoms with Gasteiger partial charge in [-0.05, 0) is 49.1 Å². The fourth-order valence-corrected chi connectivity index (χ4v) is 4.16. The van der Waals surface area contributed by atoms with Gasteiger partial charge < -0.3 is 10.1 Å². The molecule has 9 heteroatoms. The molecule has 2 aromatic rings. The third kappa shape index (κ3) is 5.75. The normalized spacial score (nSPS) is 11.7. The molecule has 1 aromatic carbocycles. The van der Waals surface area contributed by atoms with E-state index in [2.05, 4.69) is 14.8 Å². The molecular formula is C18H20N2O5S2. The van der Waals surface area contributed by atoms with Gasteiger partial charge >= 0.3 is 5.97 Å². The molecule has 0 aliphatic rings. The topological polar surface area (TPSA) is 102 Å². The van der Waals surface area contributed by atoms with Gasteiger partial charge in [-0.2, -0.15) is 0 Å². The summed E-state index contributed by atoms with van der Waals surface area (Å²) in [5.41, 5.74) is 1.04. The van der Waals surface area contributed by atoms with Crippen LogP contribution in [0, 0.1) is 0 Å². The molecule has 0 saturated heterocycles. The van der Waals surface area contributed by atoms with Gasteiger partial charge in [0.2, 0.25) is 15.9 Å². The molecule has 0 unspecified atom stereocenters. The number of carbonyl (C=O) groups is 2. The summed E-state index contributed by atoms with van der Waals surface area (Å²) in [6, 6.07) is 7.55. The monoisotopic (exact) mass is 408 g/mol. The fourth-order valence-electron chi connectivity index (χ4n) is 2.14. The molecule has 2 N–H and O–H groups in total. The van der Waals surface area contributed by atoms with Crippen LogP contribution in [0.4, 0.5) is 5.69 Å². The van der Waals surface area contributed by atoms with Crippen LogP contribution in [0.5, 0.6) is 0 Å². The Morgan fingerprint density at radius 2 is 1.81 bits per heavy atom. The molecule has 0 bridgehead atoms. The van der Waals surface area contributed by atoms with E-state index in [0.717, 1.165) is 0 Å². The number of anilines is 1. The number of nitrogens with one attached hydrogen (secondary N) is 2. The summed E-state index contributed by atoms with van der Waals surface area (Å²) in [5.74, 6) is -0.937. The summed E-state index contributed by atoms with van der Waals surface area (Å²) in [7, 11) is -2.28. The minimum Gasteiger partial charge on any atom is -0.465 e. The van der Waals surface area contributed by atoms with Gasteiger partial charge in [0.05, 0.1) is 17.7 Å². The van der Waals surface area contributed by atoms with Crippen molar-refractivity contribution in [3.8, 4) is 0 Å². The van der Waals surface area contributed by atoms with Gasteiger partial charge in [0.15, 0.2) is 0 Å². The zero-order chi connectivity index (χ0) is 20.0. The number of benzene rings is 1. The maximum atomic E-state index is 12.1. The standard InChI is InChI=1S/C18H20N2O5S2/c1-12(2)20-27(23,24)14-7-4-13(5-8-14)6-9-16(21)19-15-10-11-26-17(15)18(22)25-3/h4-12,20H,1-3H3,(H,19,21)/b9-6+. The van der Waals surface area contributed by atoms with E-state index in [0.29, 0.717) is 16.1 Å². The van der Waals surface area contributed by atoms with Gasteiger partial charge in [-0.3, -0.25) is 4.79 Å². The number of carbonyl (C=O) groups excluding carboxylic acids is 2. The second-order valence-corrected chi connectivity index (χ2v) is 8.45. The highest BCUT2D eigenvalue weighted by molar-refractivity contribution is 7.89. The van der Waals surface area contributed by atoms with E-state index in [9.17, 15) is 18.0 Å². The smallest absolute Gasteiger partial charge is 0.350 e. The zero-order valence-electron chi connectivity index (χ0n) is 15.1. The van der Waals surface area contributed by atoms with Gasteiger partial charge in [0.25, 0.3) is 0 Å². The van der Waals surface area contributed by atoms with Gasteiger partial charge in [-0.1, -0.05) is 12.1 Å². The summed E-state index contributed by atoms with van der Waals surface area (Å²) in [6.45, 7) is 3.48. The van der Waals surface area contributed by atoms with E-state index in [1.54, 1.807) is 43.5 Å². The number of sulfonamides is 1. The molecule has 0 radical (unpaired) electrons. The lowest BCUT2D eigenvalue weighted by Crippen LogP contribution is -2.30. The first-order valence-electron chi connectivity index (χ1n) is 8.00. The van der Waals surface area contributed by atoms with Crippen LogP contribution in [0.1, 0.15) is 29.1 Å². The van der Waals surface area contributed by atoms with Gasteiger partial charge in [0.1, 0.15) is 4.88 Å². The Bertz CT molecular complexity index is 944. The molecule has 2 rings (SSSR count). The number of hydrogen-bond donors (Lipinski definition) is 2. The quantitative estimate of drug-likeness (QED) is 0.542. The lowest BCUT2D eigenvalue weighted by molar-refractivity contribution is -0.111. The third-order valence-corrected chi connectivity index (χ3v) is 5.87. The van der Waals surface area contributed by atoms with Crippen molar-refractivity contribution < 1.29 is 22.7 Å². The maximum Gasteiger partial charge on any atom is 0.350 e. The van der Waals surface area contributed by atoms with Crippen LogP contribution >= 0.6 is 11.3 Å². The minimum absolute atomic E-state index is 0.152. The number of ether oxygens (including phenoxy) is 1. The first-order chi connectivity index (χ1) is 12.7. The third-order valence-electron chi connectivity index (χ3n) is 3.30. The second-order valence-electron chi connectivity index (χ2n) is 5.82. The first kappa shape index (κ1) is 20.8. The summed E-state index contributed by atoms with van der Waals surface area (Å²) >= 11 is 1.17. The Morgan fingerprint density at radius 3 is 2.41 bits per heavy atom. The highest BCUT2D eigenvalue weighted by Crippen LogP contribution is 2.23. The van der Waals surface area contributed by atoms with Crippen LogP contribution < -0.4 is 10.0 Å². The number of rotatable bonds is 7. The largest absolute Gasteiger partial charge is 0.465 e. The zero-order valence-corrected chi connectivity index (χ0v) is 16.7. The summed E-state index contributed by atoms with van der Waals surface area (Å²) in [6.07, 6.45) is 2.85. The minimum atomic E-state index is -3.55. The highest BCUT2D eigenvalue weighted by atomic mass is 32.2. The predicted molar refractivity (Wildman–Crippen MR) is 105 cm³/mol. The lowest BCUT2D eigenvalue weighted by atomic mass is 10.2. The number of amides is 1. The molecule has 27 heavy (non-hydrogen) atoms. The van der Waals surface area contributed by atoms with Crippen LogP contribution in [-0.4, -0.2) is 33.4 Å². The van der Waals surface area contributed by atoms with Crippen molar-refractivity contribution in [1.82, 2.24) is 4.72 Å². The number of thiophene rings is 1. The molecule has 7 nitrogen and oxygen atoms in total. The van der Waals surface area contributed by atoms with Gasteiger partial charge in [0, 0.05) is 12.1 Å². The van der Waals surface area contributed by atoms with Crippen molar-refractivity contribution in [3.63, 3.8) is 0 Å². The Kier molecular flexibility index (Phi) is 6.89. The molecular weight excluding hydrogens is 388 g/mol. The van der Waals surface area contributed by atoms with Crippen molar-refractivity contribution in [2.75, 3.05) is 12.4 Å². The van der Waals surface area contributed by atoms with Crippen LogP contribution in [0.3, 0.4) is 0 Å². The van der Waals surface area contributed by atoms with Crippen LogP contribution in [-0.2, 0) is 19.6 Å². The van der Waals surface area contributed by atoms with Crippen molar-refractivity contribution >= 4 is 45.0 Å². The number of esters is 1. The number of hydrogen-bond acceptors (Lipinski definition) is 6. The van der Waals surface area contributed by atoms with Crippen LogP contribution in [0.2, 0.25) is 0 Å². The van der Waals surface area contributed by atoms with Gasteiger partial charge in [-0.25, -0.2) is 17.9 Å². The van der Waals surface area contributed by atoms with Crippen LogP contribution in [0.15, 0.2) is 46.7 Å². The molecule has 0 fully saturated rings. The van der Waals surface area contributed by atoms with Crippen molar-refractivity contribution in [3.05, 3.63) is 52.2 Å². The Labute approximate surface area is 162 Å². The summed E-state index contributed by atoms with van der Waals surface area (Å²) in [5, 5.41) is 4.29. The SMILES string of the molecule is COC(=O)c1sccc1NC(=O)/C=C/c1ccc(S(=O)(=O)NC(C)C)cc1. The van der Waals surface area contributed by atoms with Crippen LogP contribution in [0.25, 0.3) is 6.08 Å². The first-order valence-corrected chi connectivity index (χ1v) is 10.4. The summed E-state index contributed by atoms with van der Waals surface area (Å²) in [4.78, 5) is 24.1. The van der Waals surface area contributed by atoms with E-state index in [4.69, 9.17) is 0 Å². The van der Waals surface area contributed by atoms with E-state index < -0.39 is 21.9 Å². The molecule has 0 aliphatic heterocycles. The Balaban J connectivity index is 2.05. The molecule has 0 atom stereocenters.